The Morgan fingerprint density at radius 3 is 2.89 bits per heavy atom. The number of rotatable bonds is 3. The molecule has 1 saturated carbocycles. The number of aromatic nitrogens is 2. The van der Waals surface area contributed by atoms with E-state index in [-0.39, 0.29) is 0 Å². The van der Waals surface area contributed by atoms with Crippen LogP contribution in [0.15, 0.2) is 30.3 Å². The molecule has 1 aliphatic carbocycles. The van der Waals surface area contributed by atoms with Crippen LogP contribution < -0.4 is 0 Å². The fourth-order valence-electron chi connectivity index (χ4n) is 2.07. The van der Waals surface area contributed by atoms with Crippen molar-refractivity contribution in [2.24, 2.45) is 0 Å². The smallest absolute Gasteiger partial charge is 0.130 e. The van der Waals surface area contributed by atoms with E-state index in [1.807, 2.05) is 30.3 Å². The minimum Gasteiger partial charge on any atom is -0.347 e. The van der Waals surface area contributed by atoms with Gasteiger partial charge in [-0.05, 0) is 42.5 Å². The van der Waals surface area contributed by atoms with Crippen molar-refractivity contribution in [2.45, 2.75) is 25.2 Å². The molecule has 0 saturated heterocycles. The summed E-state index contributed by atoms with van der Waals surface area (Å²) in [6, 6.07) is 9.82. The van der Waals surface area contributed by atoms with E-state index in [2.05, 4.69) is 9.97 Å². The second-order valence-electron chi connectivity index (χ2n) is 4.70. The van der Waals surface area contributed by atoms with E-state index < -0.39 is 0 Å². The Kier molecular flexibility index (Phi) is 3.18. The van der Waals surface area contributed by atoms with E-state index in [1.54, 1.807) is 0 Å². The number of benzene rings is 1. The van der Waals surface area contributed by atoms with Crippen LogP contribution in [0.2, 0.25) is 5.02 Å². The Morgan fingerprint density at radius 1 is 1.33 bits per heavy atom. The lowest BCUT2D eigenvalue weighted by Gasteiger charge is -2.05. The molecule has 1 heterocycles. The molecule has 0 amide bonds. The molecule has 0 spiro atoms. The molecule has 1 aliphatic rings. The lowest BCUT2D eigenvalue weighted by Crippen LogP contribution is -2.00. The van der Waals surface area contributed by atoms with Gasteiger partial charge in [0.2, 0.25) is 0 Å². The average molecular weight is 277 g/mol. The van der Waals surface area contributed by atoms with Gasteiger partial charge in [0.25, 0.3) is 0 Å². The molecule has 2 aromatic rings. The van der Waals surface area contributed by atoms with Crippen LogP contribution in [0.5, 0.6) is 0 Å². The molecule has 18 heavy (non-hydrogen) atoms. The normalized spacial score (nSPS) is 14.7. The zero-order valence-corrected chi connectivity index (χ0v) is 11.4. The fourth-order valence-corrected chi connectivity index (χ4v) is 2.52. The van der Waals surface area contributed by atoms with Gasteiger partial charge < -0.3 is 4.98 Å². The second-order valence-corrected chi connectivity index (χ2v) is 5.56. The van der Waals surface area contributed by atoms with Crippen molar-refractivity contribution < 1.29 is 0 Å². The van der Waals surface area contributed by atoms with E-state index in [9.17, 15) is 0 Å². The molecule has 1 fully saturated rings. The third kappa shape index (κ3) is 2.79. The first-order valence-electron chi connectivity index (χ1n) is 6.05. The molecule has 92 valence electrons. The largest absolute Gasteiger partial charge is 0.347 e. The van der Waals surface area contributed by atoms with E-state index in [1.165, 1.54) is 18.5 Å². The van der Waals surface area contributed by atoms with Crippen molar-refractivity contribution >= 4 is 23.8 Å². The molecular formula is C14H13ClN2S. The minimum atomic E-state index is 0.660. The lowest BCUT2D eigenvalue weighted by atomic mass is 10.1. The Balaban J connectivity index is 1.90. The van der Waals surface area contributed by atoms with Gasteiger partial charge in [-0.1, -0.05) is 36.0 Å². The predicted molar refractivity (Wildman–Crippen MR) is 75.7 cm³/mol. The van der Waals surface area contributed by atoms with E-state index in [4.69, 9.17) is 23.8 Å². The highest BCUT2D eigenvalue weighted by atomic mass is 35.5. The summed E-state index contributed by atoms with van der Waals surface area (Å²) in [6.45, 7) is 0. The van der Waals surface area contributed by atoms with Crippen LogP contribution in [-0.4, -0.2) is 9.97 Å². The summed E-state index contributed by atoms with van der Waals surface area (Å²) >= 11 is 11.2. The van der Waals surface area contributed by atoms with E-state index in [0.29, 0.717) is 10.6 Å². The number of hydrogen-bond donors (Lipinski definition) is 1. The maximum absolute atomic E-state index is 5.98. The fraction of sp³-hybridized carbons (Fsp3) is 0.286. The van der Waals surface area contributed by atoms with Gasteiger partial charge in [-0.15, -0.1) is 0 Å². The van der Waals surface area contributed by atoms with Gasteiger partial charge in [-0.25, -0.2) is 4.98 Å². The van der Waals surface area contributed by atoms with Crippen molar-refractivity contribution in [1.29, 1.82) is 0 Å². The van der Waals surface area contributed by atoms with Gasteiger partial charge in [0, 0.05) is 17.1 Å². The van der Waals surface area contributed by atoms with Gasteiger partial charge in [0.05, 0.1) is 0 Å². The monoisotopic (exact) mass is 276 g/mol. The Morgan fingerprint density at radius 2 is 2.17 bits per heavy atom. The van der Waals surface area contributed by atoms with Crippen molar-refractivity contribution in [1.82, 2.24) is 9.97 Å². The summed E-state index contributed by atoms with van der Waals surface area (Å²) in [5, 5.41) is 0.754. The first-order chi connectivity index (χ1) is 8.70. The molecule has 0 aliphatic heterocycles. The van der Waals surface area contributed by atoms with Gasteiger partial charge in [-0.2, -0.15) is 0 Å². The lowest BCUT2D eigenvalue weighted by molar-refractivity contribution is 0.893. The molecule has 0 unspecified atom stereocenters. The molecule has 3 rings (SSSR count). The van der Waals surface area contributed by atoms with Crippen LogP contribution in [0.25, 0.3) is 0 Å². The highest BCUT2D eigenvalue weighted by Gasteiger charge is 2.24. The van der Waals surface area contributed by atoms with Crippen molar-refractivity contribution in [3.63, 3.8) is 0 Å². The molecule has 0 bridgehead atoms. The SMILES string of the molecule is S=c1cc(C2CC2)[nH]c(Cc2cccc(Cl)c2)n1. The maximum Gasteiger partial charge on any atom is 0.130 e. The Hall–Kier alpha value is -1.19. The predicted octanol–water partition coefficient (Wildman–Crippen LogP) is 4.26. The number of nitrogens with one attached hydrogen (secondary N) is 1. The zero-order chi connectivity index (χ0) is 12.5. The third-order valence-corrected chi connectivity index (χ3v) is 3.53. The maximum atomic E-state index is 5.98. The van der Waals surface area contributed by atoms with Crippen LogP contribution >= 0.6 is 23.8 Å². The van der Waals surface area contributed by atoms with Crippen molar-refractivity contribution in [2.75, 3.05) is 0 Å². The summed E-state index contributed by atoms with van der Waals surface area (Å²) in [6.07, 6.45) is 3.25. The van der Waals surface area contributed by atoms with Crippen molar-refractivity contribution in [3.05, 3.63) is 57.1 Å². The van der Waals surface area contributed by atoms with Gasteiger partial charge >= 0.3 is 0 Å². The zero-order valence-electron chi connectivity index (χ0n) is 9.82. The summed E-state index contributed by atoms with van der Waals surface area (Å²) in [5.41, 5.74) is 2.38. The van der Waals surface area contributed by atoms with Crippen LogP contribution in [0, 0.1) is 4.64 Å². The topological polar surface area (TPSA) is 28.7 Å². The molecule has 2 nitrogen and oxygen atoms in total. The second kappa shape index (κ2) is 4.82. The number of H-pyrrole nitrogens is 1. The number of aromatic amines is 1. The Bertz CT molecular complexity index is 632. The summed E-state index contributed by atoms with van der Waals surface area (Å²) < 4.78 is 0.674. The van der Waals surface area contributed by atoms with Gasteiger partial charge in [0.1, 0.15) is 10.5 Å². The molecule has 1 aromatic carbocycles. The summed E-state index contributed by atoms with van der Waals surface area (Å²) in [7, 11) is 0. The highest BCUT2D eigenvalue weighted by Crippen LogP contribution is 2.38. The van der Waals surface area contributed by atoms with Crippen molar-refractivity contribution in [3.8, 4) is 0 Å². The van der Waals surface area contributed by atoms with Gasteiger partial charge in [0.15, 0.2) is 0 Å². The minimum absolute atomic E-state index is 0.660. The summed E-state index contributed by atoms with van der Waals surface area (Å²) in [5.74, 6) is 1.58. The van der Waals surface area contributed by atoms with E-state index in [0.717, 1.165) is 22.8 Å². The average Bonchev–Trinajstić information content (AvgIpc) is 3.11. The van der Waals surface area contributed by atoms with Crippen LogP contribution in [-0.2, 0) is 6.42 Å². The quantitative estimate of drug-likeness (QED) is 0.849. The molecule has 1 aromatic heterocycles. The molecule has 0 atom stereocenters. The molecule has 0 radical (unpaired) electrons. The van der Waals surface area contributed by atoms with Crippen LogP contribution in [0.4, 0.5) is 0 Å². The number of halogens is 1. The molecule has 1 N–H and O–H groups in total. The third-order valence-electron chi connectivity index (χ3n) is 3.09. The molecule has 4 heteroatoms. The highest BCUT2D eigenvalue weighted by molar-refractivity contribution is 7.71. The first kappa shape index (κ1) is 11.9. The summed E-state index contributed by atoms with van der Waals surface area (Å²) in [4.78, 5) is 7.78. The van der Waals surface area contributed by atoms with Crippen LogP contribution in [0.1, 0.15) is 35.8 Å². The number of nitrogens with zero attached hydrogens (tertiary/aromatic N) is 1. The number of hydrogen-bond acceptors (Lipinski definition) is 2. The first-order valence-corrected chi connectivity index (χ1v) is 6.84. The standard InChI is InChI=1S/C14H13ClN2S/c15-11-3-1-2-9(6-11)7-13-16-12(10-4-5-10)8-14(18)17-13/h1-3,6,8,10H,4-5,7H2,(H,16,17,18). The van der Waals surface area contributed by atoms with E-state index >= 15 is 0 Å². The van der Waals surface area contributed by atoms with Gasteiger partial charge in [-0.3, -0.25) is 0 Å². The van der Waals surface area contributed by atoms with Crippen LogP contribution in [0.3, 0.4) is 0 Å². The Labute approximate surface area is 116 Å². The molecular weight excluding hydrogens is 264 g/mol.